The van der Waals surface area contributed by atoms with Gasteiger partial charge in [-0.2, -0.15) is 4.31 Å². The van der Waals surface area contributed by atoms with Gasteiger partial charge in [0.1, 0.15) is 0 Å². The van der Waals surface area contributed by atoms with E-state index in [1.54, 1.807) is 13.8 Å². The number of carbonyl (C=O) groups excluding carboxylic acids is 1. The van der Waals surface area contributed by atoms with Crippen LogP contribution in [0.25, 0.3) is 0 Å². The molecule has 0 fully saturated rings. The second-order valence-electron chi connectivity index (χ2n) is 5.25. The van der Waals surface area contributed by atoms with Crippen LogP contribution in [0.3, 0.4) is 0 Å². The zero-order valence-corrected chi connectivity index (χ0v) is 15.1. The second-order valence-corrected chi connectivity index (χ2v) is 8.04. The maximum atomic E-state index is 12.0. The van der Waals surface area contributed by atoms with E-state index in [0.717, 1.165) is 16.3 Å². The summed E-state index contributed by atoms with van der Waals surface area (Å²) < 4.78 is 25.4. The quantitative estimate of drug-likeness (QED) is 0.829. The third-order valence-corrected chi connectivity index (χ3v) is 5.07. The van der Waals surface area contributed by atoms with E-state index in [9.17, 15) is 13.2 Å². The molecule has 118 valence electrons. The summed E-state index contributed by atoms with van der Waals surface area (Å²) in [4.78, 5) is 12.0. The molecule has 0 aromatic heterocycles. The van der Waals surface area contributed by atoms with E-state index in [1.807, 2.05) is 25.1 Å². The largest absolute Gasteiger partial charge is 0.325 e. The maximum absolute atomic E-state index is 12.0. The number of halogens is 1. The van der Waals surface area contributed by atoms with Crippen molar-refractivity contribution in [3.63, 3.8) is 0 Å². The Balaban J connectivity index is 2.65. The fraction of sp³-hybridized carbons (Fsp3) is 0.500. The number of benzene rings is 1. The first kappa shape index (κ1) is 18.1. The number of hydrogen-bond donors (Lipinski definition) is 1. The van der Waals surface area contributed by atoms with Crippen LogP contribution in [0.15, 0.2) is 22.7 Å². The summed E-state index contributed by atoms with van der Waals surface area (Å²) in [6.07, 6.45) is 1.27. The molecule has 1 rings (SSSR count). The Morgan fingerprint density at radius 1 is 1.38 bits per heavy atom. The van der Waals surface area contributed by atoms with Crippen LogP contribution < -0.4 is 5.32 Å². The van der Waals surface area contributed by atoms with Crippen molar-refractivity contribution in [1.29, 1.82) is 0 Å². The highest BCUT2D eigenvalue weighted by molar-refractivity contribution is 9.10. The molecule has 0 aliphatic heterocycles. The summed E-state index contributed by atoms with van der Waals surface area (Å²) in [5, 5.41) is 2.78. The van der Waals surface area contributed by atoms with Gasteiger partial charge in [-0.1, -0.05) is 6.07 Å². The minimum absolute atomic E-state index is 0.117. The van der Waals surface area contributed by atoms with E-state index in [2.05, 4.69) is 21.2 Å². The summed E-state index contributed by atoms with van der Waals surface area (Å²) in [5.41, 5.74) is 1.77. The number of amides is 1. The van der Waals surface area contributed by atoms with Gasteiger partial charge >= 0.3 is 0 Å². The number of nitrogens with zero attached hydrogens (tertiary/aromatic N) is 1. The number of aryl methyl sites for hydroxylation is 1. The van der Waals surface area contributed by atoms with Gasteiger partial charge in [-0.3, -0.25) is 4.79 Å². The van der Waals surface area contributed by atoms with E-state index < -0.39 is 10.0 Å². The minimum Gasteiger partial charge on any atom is -0.325 e. The zero-order valence-electron chi connectivity index (χ0n) is 12.7. The Labute approximate surface area is 134 Å². The Morgan fingerprint density at radius 3 is 2.48 bits per heavy atom. The van der Waals surface area contributed by atoms with Crippen molar-refractivity contribution in [2.24, 2.45) is 0 Å². The molecule has 0 heterocycles. The van der Waals surface area contributed by atoms with Crippen LogP contribution in [0.1, 0.15) is 25.8 Å². The van der Waals surface area contributed by atoms with Gasteiger partial charge in [0.25, 0.3) is 0 Å². The average molecular weight is 377 g/mol. The first-order valence-electron chi connectivity index (χ1n) is 6.64. The molecule has 0 aliphatic rings. The Morgan fingerprint density at radius 2 is 2.00 bits per heavy atom. The number of rotatable bonds is 6. The van der Waals surface area contributed by atoms with Gasteiger partial charge in [0.15, 0.2) is 0 Å². The van der Waals surface area contributed by atoms with Crippen LogP contribution in [0.2, 0.25) is 0 Å². The van der Waals surface area contributed by atoms with Crippen molar-refractivity contribution >= 4 is 37.5 Å². The minimum atomic E-state index is -3.30. The average Bonchev–Trinajstić information content (AvgIpc) is 2.30. The number of sulfonamides is 1. The number of carbonyl (C=O) groups is 1. The van der Waals surface area contributed by atoms with Crippen molar-refractivity contribution in [2.45, 2.75) is 33.2 Å². The molecule has 1 aromatic carbocycles. The highest BCUT2D eigenvalue weighted by Crippen LogP contribution is 2.23. The lowest BCUT2D eigenvalue weighted by Gasteiger charge is -2.23. The van der Waals surface area contributed by atoms with Gasteiger partial charge in [0.05, 0.1) is 11.9 Å². The van der Waals surface area contributed by atoms with Crippen molar-refractivity contribution < 1.29 is 13.2 Å². The first-order valence-corrected chi connectivity index (χ1v) is 9.28. The van der Waals surface area contributed by atoms with Gasteiger partial charge in [-0.15, -0.1) is 0 Å². The van der Waals surface area contributed by atoms with E-state index in [4.69, 9.17) is 0 Å². The SMILES string of the molecule is Cc1ccc(NC(=O)CCN(C(C)C)S(C)(=O)=O)c(Br)c1. The molecule has 7 heteroatoms. The van der Waals surface area contributed by atoms with Gasteiger partial charge in [-0.05, 0) is 54.4 Å². The molecule has 0 unspecified atom stereocenters. The van der Waals surface area contributed by atoms with Crippen LogP contribution in [-0.2, 0) is 14.8 Å². The summed E-state index contributed by atoms with van der Waals surface area (Å²) in [6, 6.07) is 5.46. The summed E-state index contributed by atoms with van der Waals surface area (Å²) >= 11 is 3.39. The molecule has 5 nitrogen and oxygen atoms in total. The van der Waals surface area contributed by atoms with Gasteiger partial charge in [0.2, 0.25) is 15.9 Å². The first-order chi connectivity index (χ1) is 9.61. The lowest BCUT2D eigenvalue weighted by Crippen LogP contribution is -2.38. The summed E-state index contributed by atoms with van der Waals surface area (Å²) in [6.45, 7) is 5.71. The lowest BCUT2D eigenvalue weighted by molar-refractivity contribution is -0.116. The van der Waals surface area contributed by atoms with Crippen LogP contribution in [-0.4, -0.2) is 37.5 Å². The van der Waals surface area contributed by atoms with Crippen molar-refractivity contribution in [3.05, 3.63) is 28.2 Å². The molecule has 1 amide bonds. The molecule has 0 saturated heterocycles. The smallest absolute Gasteiger partial charge is 0.225 e. The normalized spacial score (nSPS) is 12.0. The molecule has 0 radical (unpaired) electrons. The molecule has 0 bridgehead atoms. The van der Waals surface area contributed by atoms with Crippen molar-refractivity contribution in [1.82, 2.24) is 4.31 Å². The predicted molar refractivity (Wildman–Crippen MR) is 88.8 cm³/mol. The fourth-order valence-corrected chi connectivity index (χ4v) is 3.73. The van der Waals surface area contributed by atoms with Gasteiger partial charge in [-0.25, -0.2) is 8.42 Å². The molecule has 21 heavy (non-hydrogen) atoms. The lowest BCUT2D eigenvalue weighted by atomic mass is 10.2. The molecule has 0 saturated carbocycles. The van der Waals surface area contributed by atoms with E-state index in [1.165, 1.54) is 4.31 Å². The standard InChI is InChI=1S/C14H21BrN2O3S/c1-10(2)17(21(4,19)20)8-7-14(18)16-13-6-5-11(3)9-12(13)15/h5-6,9-10H,7-8H2,1-4H3,(H,16,18). The van der Waals surface area contributed by atoms with Crippen LogP contribution >= 0.6 is 15.9 Å². The fourth-order valence-electron chi connectivity index (χ4n) is 1.95. The Hall–Kier alpha value is -0.920. The number of hydrogen-bond acceptors (Lipinski definition) is 3. The third-order valence-electron chi connectivity index (χ3n) is 2.96. The zero-order chi connectivity index (χ0) is 16.2. The Kier molecular flexibility index (Phi) is 6.37. The van der Waals surface area contributed by atoms with E-state index in [0.29, 0.717) is 5.69 Å². The second kappa shape index (κ2) is 7.38. The van der Waals surface area contributed by atoms with Crippen LogP contribution in [0.4, 0.5) is 5.69 Å². The van der Waals surface area contributed by atoms with Gasteiger partial charge < -0.3 is 5.32 Å². The van der Waals surface area contributed by atoms with E-state index in [-0.39, 0.29) is 24.9 Å². The highest BCUT2D eigenvalue weighted by atomic mass is 79.9. The monoisotopic (exact) mass is 376 g/mol. The van der Waals surface area contributed by atoms with Gasteiger partial charge in [0, 0.05) is 23.5 Å². The van der Waals surface area contributed by atoms with E-state index >= 15 is 0 Å². The highest BCUT2D eigenvalue weighted by Gasteiger charge is 2.20. The summed E-state index contributed by atoms with van der Waals surface area (Å²) in [7, 11) is -3.30. The molecule has 0 atom stereocenters. The third kappa shape index (κ3) is 5.76. The topological polar surface area (TPSA) is 66.5 Å². The molecular weight excluding hydrogens is 356 g/mol. The van der Waals surface area contributed by atoms with Crippen molar-refractivity contribution in [2.75, 3.05) is 18.1 Å². The molecule has 1 aromatic rings. The Bertz CT molecular complexity index is 615. The summed E-state index contributed by atoms with van der Waals surface area (Å²) in [5.74, 6) is -0.214. The maximum Gasteiger partial charge on any atom is 0.225 e. The number of nitrogens with one attached hydrogen (secondary N) is 1. The van der Waals surface area contributed by atoms with Crippen LogP contribution in [0.5, 0.6) is 0 Å². The predicted octanol–water partition coefficient (Wildman–Crippen LogP) is 2.76. The molecule has 1 N–H and O–H groups in total. The molecule has 0 aliphatic carbocycles. The van der Waals surface area contributed by atoms with Crippen LogP contribution in [0, 0.1) is 6.92 Å². The number of anilines is 1. The molecule has 0 spiro atoms. The molecular formula is C14H21BrN2O3S. The van der Waals surface area contributed by atoms with Crippen molar-refractivity contribution in [3.8, 4) is 0 Å².